The smallest absolute Gasteiger partial charge is 0.115 e. The summed E-state index contributed by atoms with van der Waals surface area (Å²) in [6, 6.07) is 4.00. The van der Waals surface area contributed by atoms with Gasteiger partial charge in [0.2, 0.25) is 0 Å². The average molecular weight is 320 g/mol. The van der Waals surface area contributed by atoms with E-state index >= 15 is 0 Å². The first-order valence-electron chi connectivity index (χ1n) is 3.30. The van der Waals surface area contributed by atoms with Crippen molar-refractivity contribution in [1.29, 1.82) is 0 Å². The zero-order chi connectivity index (χ0) is 7.56. The molecule has 1 heterocycles. The molecule has 0 saturated carbocycles. The van der Waals surface area contributed by atoms with Crippen molar-refractivity contribution in [3.05, 3.63) is 24.0 Å². The van der Waals surface area contributed by atoms with Crippen LogP contribution in [0.3, 0.4) is 0 Å². The number of aromatic nitrogens is 1. The Morgan fingerprint density at radius 1 is 1.55 bits per heavy atom. The van der Waals surface area contributed by atoms with Gasteiger partial charge in [-0.05, 0) is 14.0 Å². The van der Waals surface area contributed by atoms with Crippen molar-refractivity contribution in [2.75, 3.05) is 12.4 Å². The molecule has 0 aliphatic rings. The molecule has 0 radical (unpaired) electrons. The first-order valence-corrected chi connectivity index (χ1v) is 3.30. The number of aryl methyl sites for hydroxylation is 2. The molecule has 0 fully saturated rings. The maximum absolute atomic E-state index is 3.07. The maximum atomic E-state index is 3.07. The van der Waals surface area contributed by atoms with E-state index in [2.05, 4.69) is 24.5 Å². The molecular formula is C8H12N2W. The van der Waals surface area contributed by atoms with Crippen LogP contribution >= 0.6 is 0 Å². The minimum Gasteiger partial charge on any atom is -0.439 e. The van der Waals surface area contributed by atoms with Crippen LogP contribution in [0.4, 0.5) is 5.69 Å². The summed E-state index contributed by atoms with van der Waals surface area (Å²) in [7, 11) is 3.89. The van der Waals surface area contributed by atoms with Gasteiger partial charge < -0.3 is 9.88 Å². The van der Waals surface area contributed by atoms with Crippen molar-refractivity contribution in [1.82, 2.24) is 0 Å². The molecule has 0 amide bonds. The first-order chi connectivity index (χ1) is 4.74. The topological polar surface area (TPSA) is 15.9 Å². The van der Waals surface area contributed by atoms with E-state index in [-0.39, 0.29) is 21.1 Å². The van der Waals surface area contributed by atoms with Crippen molar-refractivity contribution in [2.45, 2.75) is 6.92 Å². The SMILES string of the molecule is CNc1c[c-][n+](C)c(C)c1.[W]. The molecule has 11 heavy (non-hydrogen) atoms. The van der Waals surface area contributed by atoms with Gasteiger partial charge in [0.1, 0.15) is 13.2 Å². The van der Waals surface area contributed by atoms with Gasteiger partial charge >= 0.3 is 0 Å². The standard InChI is InChI=1S/C8H12N2.W/c1-7-6-8(9-2)4-5-10(7)3;/h4,6,9H,1-3H3;. The Balaban J connectivity index is 0.000001000. The molecule has 0 unspecified atom stereocenters. The molecule has 0 atom stereocenters. The summed E-state index contributed by atoms with van der Waals surface area (Å²) in [6.45, 7) is 2.05. The molecule has 60 valence electrons. The molecule has 0 bridgehead atoms. The fraction of sp³-hybridized carbons (Fsp3) is 0.375. The minimum absolute atomic E-state index is 0. The largest absolute Gasteiger partial charge is 0.439 e. The number of nitrogens with zero attached hydrogens (tertiary/aromatic N) is 1. The van der Waals surface area contributed by atoms with Crippen LogP contribution in [0.2, 0.25) is 0 Å². The van der Waals surface area contributed by atoms with Crippen LogP contribution in [0.25, 0.3) is 0 Å². The summed E-state index contributed by atoms with van der Waals surface area (Å²) in [5, 5.41) is 3.05. The third-order valence-corrected chi connectivity index (χ3v) is 1.60. The second-order valence-corrected chi connectivity index (χ2v) is 2.32. The Labute approximate surface area is 81.9 Å². The molecule has 1 aromatic rings. The molecule has 0 aliphatic carbocycles. The Bertz CT molecular complexity index is 236. The predicted octanol–water partition coefficient (Wildman–Crippen LogP) is 0.659. The van der Waals surface area contributed by atoms with Gasteiger partial charge in [0.25, 0.3) is 0 Å². The van der Waals surface area contributed by atoms with Gasteiger partial charge in [-0.25, -0.2) is 0 Å². The van der Waals surface area contributed by atoms with Crippen LogP contribution in [0, 0.1) is 13.1 Å². The van der Waals surface area contributed by atoms with Crippen molar-refractivity contribution in [3.8, 4) is 0 Å². The summed E-state index contributed by atoms with van der Waals surface area (Å²) < 4.78 is 1.96. The second kappa shape index (κ2) is 4.50. The molecule has 1 rings (SSSR count). The van der Waals surface area contributed by atoms with Crippen molar-refractivity contribution in [2.24, 2.45) is 7.05 Å². The Morgan fingerprint density at radius 3 is 2.64 bits per heavy atom. The summed E-state index contributed by atoms with van der Waals surface area (Å²) in [5.74, 6) is 0. The van der Waals surface area contributed by atoms with E-state index in [4.69, 9.17) is 0 Å². The van der Waals surface area contributed by atoms with Crippen molar-refractivity contribution < 1.29 is 25.6 Å². The van der Waals surface area contributed by atoms with Gasteiger partial charge in [-0.2, -0.15) is 0 Å². The quantitative estimate of drug-likeness (QED) is 0.594. The normalized spacial score (nSPS) is 8.64. The molecule has 1 N–H and O–H groups in total. The zero-order valence-electron chi connectivity index (χ0n) is 7.01. The van der Waals surface area contributed by atoms with E-state index in [0.717, 1.165) is 5.69 Å². The van der Waals surface area contributed by atoms with Gasteiger partial charge in [-0.1, -0.05) is 17.8 Å². The van der Waals surface area contributed by atoms with E-state index < -0.39 is 0 Å². The fourth-order valence-corrected chi connectivity index (χ4v) is 0.776. The van der Waals surface area contributed by atoms with Gasteiger partial charge in [-0.3, -0.25) is 0 Å². The first kappa shape index (κ1) is 10.6. The number of pyridine rings is 1. The molecule has 0 aromatic carbocycles. The van der Waals surface area contributed by atoms with E-state index in [1.54, 1.807) is 0 Å². The minimum atomic E-state index is 0. The van der Waals surface area contributed by atoms with Crippen LogP contribution in [-0.2, 0) is 28.1 Å². The second-order valence-electron chi connectivity index (χ2n) is 2.32. The summed E-state index contributed by atoms with van der Waals surface area (Å²) in [5.41, 5.74) is 2.31. The summed E-state index contributed by atoms with van der Waals surface area (Å²) >= 11 is 0. The Kier molecular flexibility index (Phi) is 4.35. The molecular weight excluding hydrogens is 308 g/mol. The van der Waals surface area contributed by atoms with Crippen LogP contribution in [0.1, 0.15) is 5.69 Å². The molecule has 0 spiro atoms. The third-order valence-electron chi connectivity index (χ3n) is 1.60. The number of hydrogen-bond acceptors (Lipinski definition) is 1. The summed E-state index contributed by atoms with van der Waals surface area (Å²) in [6.07, 6.45) is 3.07. The molecule has 2 nitrogen and oxygen atoms in total. The van der Waals surface area contributed by atoms with E-state index in [9.17, 15) is 0 Å². The Hall–Kier alpha value is -0.362. The average Bonchev–Trinajstić information content (AvgIpc) is 1.95. The van der Waals surface area contributed by atoms with Crippen LogP contribution < -0.4 is 9.88 Å². The van der Waals surface area contributed by atoms with Crippen LogP contribution in [-0.4, -0.2) is 7.05 Å². The molecule has 0 aliphatic heterocycles. The predicted molar refractivity (Wildman–Crippen MR) is 40.7 cm³/mol. The molecule has 1 aromatic heterocycles. The monoisotopic (exact) mass is 320 g/mol. The van der Waals surface area contributed by atoms with Crippen molar-refractivity contribution >= 4 is 5.69 Å². The van der Waals surface area contributed by atoms with Gasteiger partial charge in [0.15, 0.2) is 0 Å². The van der Waals surface area contributed by atoms with E-state index in [1.807, 2.05) is 24.7 Å². The number of nitrogens with one attached hydrogen (secondary N) is 1. The number of rotatable bonds is 1. The molecule has 0 saturated heterocycles. The molecule has 3 heteroatoms. The Morgan fingerprint density at radius 2 is 2.18 bits per heavy atom. The van der Waals surface area contributed by atoms with Gasteiger partial charge in [0, 0.05) is 21.1 Å². The number of anilines is 1. The van der Waals surface area contributed by atoms with Crippen LogP contribution in [0.15, 0.2) is 12.1 Å². The third kappa shape index (κ3) is 2.62. The zero-order valence-corrected chi connectivity index (χ0v) is 9.94. The van der Waals surface area contributed by atoms with Gasteiger partial charge in [-0.15, -0.1) is 0 Å². The van der Waals surface area contributed by atoms with Crippen molar-refractivity contribution in [3.63, 3.8) is 0 Å². The number of hydrogen-bond donors (Lipinski definition) is 1. The van der Waals surface area contributed by atoms with E-state index in [1.165, 1.54) is 5.69 Å². The van der Waals surface area contributed by atoms with Gasteiger partial charge in [0.05, 0.1) is 5.69 Å². The summed E-state index contributed by atoms with van der Waals surface area (Å²) in [4.78, 5) is 0. The van der Waals surface area contributed by atoms with Crippen LogP contribution in [0.5, 0.6) is 0 Å². The van der Waals surface area contributed by atoms with E-state index in [0.29, 0.717) is 0 Å². The maximum Gasteiger partial charge on any atom is 0.115 e. The fourth-order valence-electron chi connectivity index (χ4n) is 0.776.